The molecule has 1 aliphatic carbocycles. The van der Waals surface area contributed by atoms with E-state index in [1.165, 1.54) is 0 Å². The van der Waals surface area contributed by atoms with Crippen molar-refractivity contribution in [1.29, 1.82) is 0 Å². The van der Waals surface area contributed by atoms with Gasteiger partial charge in [-0.05, 0) is 71.2 Å². The fourth-order valence-electron chi connectivity index (χ4n) is 2.64. The molecule has 0 saturated heterocycles. The van der Waals surface area contributed by atoms with E-state index in [1.54, 1.807) is 39.5 Å². The van der Waals surface area contributed by atoms with Crippen LogP contribution in [-0.4, -0.2) is 35.1 Å². The van der Waals surface area contributed by atoms with Crippen LogP contribution in [0.4, 0.5) is 4.79 Å². The lowest BCUT2D eigenvalue weighted by molar-refractivity contribution is -0.150. The highest BCUT2D eigenvalue weighted by molar-refractivity contribution is 8.00. The number of nitrogens with one attached hydrogen (secondary N) is 1. The third-order valence-corrected chi connectivity index (χ3v) is 5.49. The van der Waals surface area contributed by atoms with E-state index >= 15 is 0 Å². The maximum atomic E-state index is 12.3. The third-order valence-electron chi connectivity index (χ3n) is 3.85. The van der Waals surface area contributed by atoms with Crippen molar-refractivity contribution in [3.8, 4) is 0 Å². The smallest absolute Gasteiger partial charge is 0.408 e. The molecular weight excluding hydrogens is 374 g/mol. The van der Waals surface area contributed by atoms with Gasteiger partial charge in [0.25, 0.3) is 0 Å². The summed E-state index contributed by atoms with van der Waals surface area (Å²) in [4.78, 5) is 25.2. The van der Waals surface area contributed by atoms with E-state index < -0.39 is 23.7 Å². The molecule has 1 aromatic rings. The lowest BCUT2D eigenvalue weighted by Gasteiger charge is -2.24. The van der Waals surface area contributed by atoms with E-state index in [0.717, 1.165) is 24.2 Å². The van der Waals surface area contributed by atoms with Gasteiger partial charge in [-0.15, -0.1) is 11.8 Å². The van der Waals surface area contributed by atoms with Gasteiger partial charge in [0.1, 0.15) is 17.7 Å². The molecule has 0 bridgehead atoms. The van der Waals surface area contributed by atoms with Crippen molar-refractivity contribution in [2.75, 3.05) is 0 Å². The van der Waals surface area contributed by atoms with Crippen molar-refractivity contribution < 1.29 is 19.1 Å². The number of carbonyl (C=O) groups is 2. The zero-order valence-corrected chi connectivity index (χ0v) is 17.2. The molecule has 3 atom stereocenters. The molecule has 1 N–H and O–H groups in total. The molecule has 7 heteroatoms. The Kier molecular flexibility index (Phi) is 7.24. The number of alkyl carbamates (subject to hydrolysis) is 1. The molecule has 1 fully saturated rings. The van der Waals surface area contributed by atoms with Gasteiger partial charge in [-0.25, -0.2) is 9.59 Å². The van der Waals surface area contributed by atoms with Gasteiger partial charge < -0.3 is 14.8 Å². The van der Waals surface area contributed by atoms with Gasteiger partial charge in [0.15, 0.2) is 0 Å². The van der Waals surface area contributed by atoms with Gasteiger partial charge in [0.05, 0.1) is 0 Å². The predicted octanol–water partition coefficient (Wildman–Crippen LogP) is 4.81. The zero-order chi connectivity index (χ0) is 19.3. The molecule has 0 unspecified atom stereocenters. The second kappa shape index (κ2) is 9.00. The first-order valence-corrected chi connectivity index (χ1v) is 10.0. The summed E-state index contributed by atoms with van der Waals surface area (Å²) in [6, 6.07) is 6.89. The number of benzene rings is 1. The Bertz CT molecular complexity index is 629. The van der Waals surface area contributed by atoms with Crippen molar-refractivity contribution in [1.82, 2.24) is 5.32 Å². The van der Waals surface area contributed by atoms with E-state index in [-0.39, 0.29) is 11.4 Å². The molecule has 1 aromatic carbocycles. The quantitative estimate of drug-likeness (QED) is 0.720. The summed E-state index contributed by atoms with van der Waals surface area (Å²) < 4.78 is 10.8. The summed E-state index contributed by atoms with van der Waals surface area (Å²) in [5.74, 6) is -0.440. The summed E-state index contributed by atoms with van der Waals surface area (Å²) in [5.41, 5.74) is -0.612. The average molecular weight is 400 g/mol. The molecule has 0 aromatic heterocycles. The summed E-state index contributed by atoms with van der Waals surface area (Å²) in [6.07, 6.45) is 2.04. The van der Waals surface area contributed by atoms with Crippen LogP contribution in [0, 0.1) is 0 Å². The van der Waals surface area contributed by atoms with Crippen LogP contribution in [0.5, 0.6) is 0 Å². The normalized spacial score (nSPS) is 21.1. The lowest BCUT2D eigenvalue weighted by atomic mass is 10.2. The van der Waals surface area contributed by atoms with Crippen LogP contribution < -0.4 is 5.32 Å². The number of carbonyl (C=O) groups excluding carboxylic acids is 2. The van der Waals surface area contributed by atoms with Crippen molar-refractivity contribution in [2.24, 2.45) is 0 Å². The van der Waals surface area contributed by atoms with Crippen molar-refractivity contribution >= 4 is 35.4 Å². The molecule has 0 spiro atoms. The standard InChI is InChI=1S/C19H26ClNO4S/c1-12(21-18(23)25-19(2,3)4)17(22)24-15-6-5-7-16(15)26-14-10-8-13(20)9-11-14/h8-12,15-16H,5-7H2,1-4H3,(H,21,23)/t12-,15+,16+/m0/s1. The predicted molar refractivity (Wildman–Crippen MR) is 104 cm³/mol. The molecule has 1 aliphatic rings. The number of rotatable bonds is 5. The van der Waals surface area contributed by atoms with Crippen LogP contribution in [0.3, 0.4) is 0 Å². The molecule has 0 aliphatic heterocycles. The van der Waals surface area contributed by atoms with E-state index in [0.29, 0.717) is 5.02 Å². The molecule has 26 heavy (non-hydrogen) atoms. The lowest BCUT2D eigenvalue weighted by Crippen LogP contribution is -2.43. The number of halogens is 1. The first-order valence-electron chi connectivity index (χ1n) is 8.76. The number of amides is 1. The van der Waals surface area contributed by atoms with Crippen LogP contribution in [0.25, 0.3) is 0 Å². The number of thioether (sulfide) groups is 1. The summed E-state index contributed by atoms with van der Waals surface area (Å²) in [6.45, 7) is 6.91. The van der Waals surface area contributed by atoms with Crippen LogP contribution in [-0.2, 0) is 14.3 Å². The molecule has 2 rings (SSSR count). The highest BCUT2D eigenvalue weighted by Gasteiger charge is 2.33. The summed E-state index contributed by atoms with van der Waals surface area (Å²) >= 11 is 7.61. The molecule has 0 heterocycles. The first-order chi connectivity index (χ1) is 12.1. The zero-order valence-electron chi connectivity index (χ0n) is 15.6. The Morgan fingerprint density at radius 2 is 1.88 bits per heavy atom. The number of esters is 1. The molecular formula is C19H26ClNO4S. The van der Waals surface area contributed by atoms with Crippen molar-refractivity contribution in [3.05, 3.63) is 29.3 Å². The van der Waals surface area contributed by atoms with Gasteiger partial charge in [-0.1, -0.05) is 11.6 Å². The van der Waals surface area contributed by atoms with Gasteiger partial charge in [0.2, 0.25) is 0 Å². The fraction of sp³-hybridized carbons (Fsp3) is 0.579. The Morgan fingerprint density at radius 1 is 1.23 bits per heavy atom. The Balaban J connectivity index is 1.86. The maximum absolute atomic E-state index is 12.3. The maximum Gasteiger partial charge on any atom is 0.408 e. The molecule has 1 amide bonds. The van der Waals surface area contributed by atoms with E-state index in [1.807, 2.05) is 24.3 Å². The van der Waals surface area contributed by atoms with Crippen LogP contribution in [0.1, 0.15) is 47.0 Å². The topological polar surface area (TPSA) is 64.6 Å². The Labute approximate surface area is 164 Å². The van der Waals surface area contributed by atoms with Crippen LogP contribution in [0.15, 0.2) is 29.2 Å². The third kappa shape index (κ3) is 6.72. The molecule has 0 radical (unpaired) electrons. The monoisotopic (exact) mass is 399 g/mol. The SMILES string of the molecule is C[C@H](NC(=O)OC(C)(C)C)C(=O)O[C@@H]1CCC[C@H]1Sc1ccc(Cl)cc1. The Hall–Kier alpha value is -1.40. The number of hydrogen-bond donors (Lipinski definition) is 1. The first kappa shape index (κ1) is 20.9. The van der Waals surface area contributed by atoms with E-state index in [9.17, 15) is 9.59 Å². The minimum absolute atomic E-state index is 0.161. The molecule has 144 valence electrons. The fourth-order valence-corrected chi connectivity index (χ4v) is 4.04. The summed E-state index contributed by atoms with van der Waals surface area (Å²) in [5, 5.41) is 3.43. The van der Waals surface area contributed by atoms with Crippen molar-refractivity contribution in [3.63, 3.8) is 0 Å². The Morgan fingerprint density at radius 3 is 2.50 bits per heavy atom. The highest BCUT2D eigenvalue weighted by atomic mass is 35.5. The summed E-state index contributed by atoms with van der Waals surface area (Å²) in [7, 11) is 0. The van der Waals surface area contributed by atoms with Crippen LogP contribution in [0.2, 0.25) is 5.02 Å². The van der Waals surface area contributed by atoms with E-state index in [2.05, 4.69) is 5.32 Å². The van der Waals surface area contributed by atoms with Gasteiger partial charge in [-0.3, -0.25) is 0 Å². The highest BCUT2D eigenvalue weighted by Crippen LogP contribution is 2.37. The van der Waals surface area contributed by atoms with E-state index in [4.69, 9.17) is 21.1 Å². The minimum atomic E-state index is -0.758. The van der Waals surface area contributed by atoms with Crippen molar-refractivity contribution in [2.45, 2.75) is 74.8 Å². The minimum Gasteiger partial charge on any atom is -0.460 e. The molecule has 5 nitrogen and oxygen atoms in total. The average Bonchev–Trinajstić information content (AvgIpc) is 2.94. The van der Waals surface area contributed by atoms with Crippen LogP contribution >= 0.6 is 23.4 Å². The number of ether oxygens (including phenoxy) is 2. The molecule has 1 saturated carbocycles. The second-order valence-electron chi connectivity index (χ2n) is 7.38. The second-order valence-corrected chi connectivity index (χ2v) is 9.13. The number of hydrogen-bond acceptors (Lipinski definition) is 5. The van der Waals surface area contributed by atoms with Gasteiger partial charge in [-0.2, -0.15) is 0 Å². The largest absolute Gasteiger partial charge is 0.460 e. The van der Waals surface area contributed by atoms with Gasteiger partial charge >= 0.3 is 12.1 Å². The van der Waals surface area contributed by atoms with Gasteiger partial charge in [0, 0.05) is 15.2 Å².